The number of benzene rings is 5. The number of piperazine rings is 1. The Kier molecular flexibility index (Phi) is 9.48. The minimum absolute atomic E-state index is 0.0335. The molecule has 5 heteroatoms. The molecule has 0 radical (unpaired) electrons. The number of ether oxygens (including phenoxy) is 1. The highest BCUT2D eigenvalue weighted by Crippen LogP contribution is 2.36. The summed E-state index contributed by atoms with van der Waals surface area (Å²) in [5.74, 6) is 0.839. The molecule has 0 saturated carbocycles. The second-order valence-electron chi connectivity index (χ2n) is 12.6. The van der Waals surface area contributed by atoms with Crippen molar-refractivity contribution in [3.63, 3.8) is 0 Å². The fraction of sp³-hybridized carbons (Fsp3) is 0.186. The van der Waals surface area contributed by atoms with Crippen molar-refractivity contribution in [2.75, 3.05) is 19.6 Å². The molecule has 0 bridgehead atoms. The average Bonchev–Trinajstić information content (AvgIpc) is 3.49. The Labute approximate surface area is 283 Å². The lowest BCUT2D eigenvalue weighted by molar-refractivity contribution is 0.0439. The van der Waals surface area contributed by atoms with Gasteiger partial charge in [-0.1, -0.05) is 133 Å². The van der Waals surface area contributed by atoms with Crippen LogP contribution >= 0.6 is 0 Å². The van der Waals surface area contributed by atoms with E-state index in [4.69, 9.17) is 4.74 Å². The summed E-state index contributed by atoms with van der Waals surface area (Å²) >= 11 is 0. The maximum atomic E-state index is 14.9. The van der Waals surface area contributed by atoms with E-state index in [2.05, 4.69) is 112 Å². The van der Waals surface area contributed by atoms with Gasteiger partial charge in [-0.25, -0.2) is 0 Å². The van der Waals surface area contributed by atoms with Gasteiger partial charge in [0.15, 0.2) is 0 Å². The van der Waals surface area contributed by atoms with Crippen LogP contribution in [0.1, 0.15) is 32.7 Å². The zero-order valence-corrected chi connectivity index (χ0v) is 27.4. The third kappa shape index (κ3) is 6.97. The van der Waals surface area contributed by atoms with Gasteiger partial charge < -0.3 is 14.2 Å². The molecule has 2 heterocycles. The first kappa shape index (κ1) is 31.2. The average molecular weight is 632 g/mol. The summed E-state index contributed by atoms with van der Waals surface area (Å²) in [5.41, 5.74) is 8.13. The van der Waals surface area contributed by atoms with E-state index in [0.29, 0.717) is 18.7 Å². The van der Waals surface area contributed by atoms with Crippen molar-refractivity contribution in [3.05, 3.63) is 180 Å². The van der Waals surface area contributed by atoms with Crippen molar-refractivity contribution in [1.82, 2.24) is 14.4 Å². The summed E-state index contributed by atoms with van der Waals surface area (Å²) in [7, 11) is 0. The fourth-order valence-electron chi connectivity index (χ4n) is 6.88. The van der Waals surface area contributed by atoms with Crippen LogP contribution in [-0.2, 0) is 19.6 Å². The molecule has 1 amide bonds. The Morgan fingerprint density at radius 1 is 0.688 bits per heavy atom. The molecule has 1 saturated heterocycles. The number of carbonyl (C=O) groups is 1. The van der Waals surface area contributed by atoms with Crippen LogP contribution < -0.4 is 4.74 Å². The van der Waals surface area contributed by atoms with E-state index in [-0.39, 0.29) is 11.9 Å². The van der Waals surface area contributed by atoms with E-state index in [9.17, 15) is 4.79 Å². The molecule has 0 aliphatic carbocycles. The first-order valence-electron chi connectivity index (χ1n) is 16.8. The second kappa shape index (κ2) is 14.6. The molecule has 1 aromatic heterocycles. The quantitative estimate of drug-likeness (QED) is 0.152. The van der Waals surface area contributed by atoms with Gasteiger partial charge in [0, 0.05) is 37.9 Å². The van der Waals surface area contributed by atoms with E-state index in [1.54, 1.807) is 0 Å². The Bertz CT molecular complexity index is 1940. The van der Waals surface area contributed by atoms with Gasteiger partial charge >= 0.3 is 0 Å². The van der Waals surface area contributed by atoms with Crippen molar-refractivity contribution >= 4 is 5.91 Å². The molecule has 0 spiro atoms. The lowest BCUT2D eigenvalue weighted by Crippen LogP contribution is -2.55. The molecule has 240 valence electrons. The maximum Gasteiger partial charge on any atom is 0.256 e. The van der Waals surface area contributed by atoms with E-state index < -0.39 is 0 Å². The van der Waals surface area contributed by atoms with Crippen LogP contribution in [0, 0.1) is 6.92 Å². The summed E-state index contributed by atoms with van der Waals surface area (Å²) in [5, 5.41) is 0. The molecule has 5 nitrogen and oxygen atoms in total. The molecule has 1 fully saturated rings. The molecular formula is C43H41N3O2. The molecule has 0 N–H and O–H groups in total. The Hall–Kier alpha value is -5.39. The summed E-state index contributed by atoms with van der Waals surface area (Å²) in [4.78, 5) is 19.5. The van der Waals surface area contributed by atoms with Gasteiger partial charge in [-0.3, -0.25) is 9.69 Å². The monoisotopic (exact) mass is 631 g/mol. The van der Waals surface area contributed by atoms with Crippen LogP contribution in [0.3, 0.4) is 0 Å². The molecule has 7 rings (SSSR count). The highest BCUT2D eigenvalue weighted by Gasteiger charge is 2.34. The van der Waals surface area contributed by atoms with E-state index in [0.717, 1.165) is 60.0 Å². The minimum Gasteiger partial charge on any atom is -0.487 e. The number of rotatable bonds is 10. The Morgan fingerprint density at radius 3 is 1.96 bits per heavy atom. The molecule has 1 aliphatic rings. The van der Waals surface area contributed by atoms with E-state index >= 15 is 0 Å². The van der Waals surface area contributed by atoms with Crippen molar-refractivity contribution in [1.29, 1.82) is 0 Å². The first-order chi connectivity index (χ1) is 23.6. The van der Waals surface area contributed by atoms with Crippen molar-refractivity contribution in [2.45, 2.75) is 32.5 Å². The number of nitrogens with zero attached hydrogens (tertiary/aromatic N) is 3. The van der Waals surface area contributed by atoms with Crippen LogP contribution in [0.5, 0.6) is 5.75 Å². The third-order valence-electron chi connectivity index (χ3n) is 9.20. The Balaban J connectivity index is 1.25. The first-order valence-corrected chi connectivity index (χ1v) is 16.8. The van der Waals surface area contributed by atoms with Gasteiger partial charge in [-0.15, -0.1) is 0 Å². The van der Waals surface area contributed by atoms with E-state index in [1.165, 1.54) is 11.1 Å². The van der Waals surface area contributed by atoms with Gasteiger partial charge in [0.1, 0.15) is 12.4 Å². The van der Waals surface area contributed by atoms with Crippen molar-refractivity contribution < 1.29 is 9.53 Å². The highest BCUT2D eigenvalue weighted by molar-refractivity contribution is 6.01. The number of hydrogen-bond acceptors (Lipinski definition) is 3. The topological polar surface area (TPSA) is 37.7 Å². The van der Waals surface area contributed by atoms with E-state index in [1.807, 2.05) is 60.7 Å². The van der Waals surface area contributed by atoms with Gasteiger partial charge in [-0.05, 0) is 53.8 Å². The third-order valence-corrected chi connectivity index (χ3v) is 9.20. The number of aryl methyl sites for hydroxylation is 1. The largest absolute Gasteiger partial charge is 0.487 e. The van der Waals surface area contributed by atoms with Gasteiger partial charge in [0.25, 0.3) is 5.91 Å². The SMILES string of the molecule is Cc1cc(C(=O)N2CCN(Cc3ccccc3)C[C@H]2Cc2ccccc2)c(-c2ccccc2)n1-c1ccccc1OCc1ccccc1. The Morgan fingerprint density at radius 2 is 1.27 bits per heavy atom. The van der Waals surface area contributed by atoms with Gasteiger partial charge in [-0.2, -0.15) is 0 Å². The predicted molar refractivity (Wildman–Crippen MR) is 193 cm³/mol. The fourth-order valence-corrected chi connectivity index (χ4v) is 6.88. The molecule has 48 heavy (non-hydrogen) atoms. The number of aromatic nitrogens is 1. The summed E-state index contributed by atoms with van der Waals surface area (Å²) in [6, 6.07) is 51.9. The molecular weight excluding hydrogens is 590 g/mol. The zero-order valence-electron chi connectivity index (χ0n) is 27.4. The second-order valence-corrected chi connectivity index (χ2v) is 12.6. The summed E-state index contributed by atoms with van der Waals surface area (Å²) in [6.45, 7) is 5.71. The van der Waals surface area contributed by atoms with Gasteiger partial charge in [0.05, 0.1) is 16.9 Å². The van der Waals surface area contributed by atoms with Crippen LogP contribution in [0.15, 0.2) is 152 Å². The van der Waals surface area contributed by atoms with Crippen LogP contribution in [0.2, 0.25) is 0 Å². The lowest BCUT2D eigenvalue weighted by Gasteiger charge is -2.42. The zero-order chi connectivity index (χ0) is 32.7. The summed E-state index contributed by atoms with van der Waals surface area (Å²) in [6.07, 6.45) is 0.800. The standard InChI is InChI=1S/C43H41N3O2/c1-33-28-39(43(47)45-27-26-44(30-35-18-8-3-9-19-35)31-38(45)29-34-16-6-2-7-17-34)42(37-22-12-5-13-23-37)46(33)40-24-14-15-25-41(40)48-32-36-20-10-4-11-21-36/h2-25,28,38H,26-27,29-32H2,1H3/t38-/m1/s1. The van der Waals surface area contributed by atoms with Crippen molar-refractivity contribution in [2.24, 2.45) is 0 Å². The maximum absolute atomic E-state index is 14.9. The van der Waals surface area contributed by atoms with Crippen LogP contribution in [0.25, 0.3) is 16.9 Å². The van der Waals surface area contributed by atoms with Crippen LogP contribution in [0.4, 0.5) is 0 Å². The minimum atomic E-state index is 0.0335. The van der Waals surface area contributed by atoms with Gasteiger partial charge in [0.2, 0.25) is 0 Å². The number of para-hydroxylation sites is 2. The van der Waals surface area contributed by atoms with Crippen LogP contribution in [-0.4, -0.2) is 46.0 Å². The number of hydrogen-bond donors (Lipinski definition) is 0. The molecule has 1 atom stereocenters. The smallest absolute Gasteiger partial charge is 0.256 e. The predicted octanol–water partition coefficient (Wildman–Crippen LogP) is 8.60. The molecule has 6 aromatic rings. The normalized spacial score (nSPS) is 14.9. The lowest BCUT2D eigenvalue weighted by atomic mass is 9.99. The number of carbonyl (C=O) groups excluding carboxylic acids is 1. The molecule has 1 aliphatic heterocycles. The highest BCUT2D eigenvalue weighted by atomic mass is 16.5. The molecule has 5 aromatic carbocycles. The van der Waals surface area contributed by atoms with Crippen molar-refractivity contribution in [3.8, 4) is 22.7 Å². The summed E-state index contributed by atoms with van der Waals surface area (Å²) < 4.78 is 8.63. The molecule has 0 unspecified atom stereocenters. The number of amides is 1.